The number of esters is 1. The molecule has 1 aromatic heterocycles. The average Bonchev–Trinajstić information content (AvgIpc) is 2.38. The quantitative estimate of drug-likeness (QED) is 0.556. The Morgan fingerprint density at radius 1 is 1.29 bits per heavy atom. The van der Waals surface area contributed by atoms with Crippen molar-refractivity contribution >= 4 is 16.9 Å². The number of carbonyl (C=O) groups excluding carboxylic acids is 1. The summed E-state index contributed by atoms with van der Waals surface area (Å²) in [6.45, 7) is 5.25. The Labute approximate surface area is 101 Å². The van der Waals surface area contributed by atoms with Crippen LogP contribution in [0.25, 0.3) is 10.9 Å². The summed E-state index contributed by atoms with van der Waals surface area (Å²) in [5.41, 5.74) is 1.14. The fraction of sp³-hybridized carbons (Fsp3) is 0.143. The summed E-state index contributed by atoms with van der Waals surface area (Å²) < 4.78 is 4.58. The number of hydrogen-bond donors (Lipinski definition) is 0. The van der Waals surface area contributed by atoms with Gasteiger partial charge in [0.2, 0.25) is 0 Å². The van der Waals surface area contributed by atoms with Gasteiger partial charge in [-0.05, 0) is 19.1 Å². The molecule has 3 nitrogen and oxygen atoms in total. The first kappa shape index (κ1) is 12.9. The molecule has 1 aromatic carbocycles. The Morgan fingerprint density at radius 3 is 2.59 bits per heavy atom. The number of pyridine rings is 1. The smallest absolute Gasteiger partial charge is 0.356 e. The van der Waals surface area contributed by atoms with Gasteiger partial charge < -0.3 is 4.74 Å². The molecule has 0 spiro atoms. The van der Waals surface area contributed by atoms with Gasteiger partial charge in [-0.2, -0.15) is 0 Å². The molecule has 0 saturated heterocycles. The zero-order valence-corrected chi connectivity index (χ0v) is 10.0. The summed E-state index contributed by atoms with van der Waals surface area (Å²) in [6, 6.07) is 11.1. The van der Waals surface area contributed by atoms with Crippen LogP contribution >= 0.6 is 0 Å². The molecule has 0 aliphatic rings. The average molecular weight is 229 g/mol. The van der Waals surface area contributed by atoms with Crippen LogP contribution < -0.4 is 0 Å². The first-order valence-electron chi connectivity index (χ1n) is 5.24. The molecule has 0 bridgehead atoms. The molecule has 0 amide bonds. The minimum absolute atomic E-state index is 0.339. The number of methoxy groups -OCH3 is 1. The predicted molar refractivity (Wildman–Crippen MR) is 69.0 cm³/mol. The minimum Gasteiger partial charge on any atom is -0.464 e. The van der Waals surface area contributed by atoms with Crippen molar-refractivity contribution in [3.05, 3.63) is 54.7 Å². The number of para-hydroxylation sites is 1. The molecule has 0 atom stereocenters. The molecule has 0 aliphatic carbocycles. The standard InChI is InChI=1S/C11H9NO2.C3H6/c1-14-11(13)10-7-6-8-4-2-3-5-9(8)12-10;1-3-2/h2-7H,1H3;3H,1H2,2H3. The van der Waals surface area contributed by atoms with Crippen LogP contribution in [-0.4, -0.2) is 18.1 Å². The molecule has 2 aromatic rings. The van der Waals surface area contributed by atoms with Crippen LogP contribution in [-0.2, 0) is 4.74 Å². The van der Waals surface area contributed by atoms with Crippen LogP contribution in [0.15, 0.2) is 49.1 Å². The molecule has 3 heteroatoms. The lowest BCUT2D eigenvalue weighted by atomic mass is 10.2. The third-order valence-corrected chi connectivity index (χ3v) is 1.99. The van der Waals surface area contributed by atoms with Crippen LogP contribution in [0.1, 0.15) is 17.4 Å². The van der Waals surface area contributed by atoms with Crippen LogP contribution in [0.2, 0.25) is 0 Å². The van der Waals surface area contributed by atoms with Crippen LogP contribution in [0.4, 0.5) is 0 Å². The van der Waals surface area contributed by atoms with Crippen LogP contribution in [0, 0.1) is 0 Å². The molecule has 0 radical (unpaired) electrons. The molecule has 0 unspecified atom stereocenters. The van der Waals surface area contributed by atoms with Gasteiger partial charge in [0, 0.05) is 5.39 Å². The van der Waals surface area contributed by atoms with Gasteiger partial charge in [-0.3, -0.25) is 0 Å². The number of allylic oxidation sites excluding steroid dienone is 1. The van der Waals surface area contributed by atoms with Crippen LogP contribution in [0.5, 0.6) is 0 Å². The largest absolute Gasteiger partial charge is 0.464 e. The van der Waals surface area contributed by atoms with E-state index in [0.717, 1.165) is 10.9 Å². The summed E-state index contributed by atoms with van der Waals surface area (Å²) in [5.74, 6) is -0.407. The Balaban J connectivity index is 0.000000437. The topological polar surface area (TPSA) is 39.2 Å². The lowest BCUT2D eigenvalue weighted by Gasteiger charge is -2.00. The highest BCUT2D eigenvalue weighted by Crippen LogP contribution is 2.11. The highest BCUT2D eigenvalue weighted by molar-refractivity contribution is 5.90. The van der Waals surface area contributed by atoms with E-state index in [1.165, 1.54) is 7.11 Å². The fourth-order valence-corrected chi connectivity index (χ4v) is 1.28. The summed E-state index contributed by atoms with van der Waals surface area (Å²) in [4.78, 5) is 15.3. The number of fused-ring (bicyclic) bond motifs is 1. The number of rotatable bonds is 1. The van der Waals surface area contributed by atoms with E-state index >= 15 is 0 Å². The number of nitrogens with zero attached hydrogens (tertiary/aromatic N) is 1. The van der Waals surface area contributed by atoms with Gasteiger partial charge in [-0.15, -0.1) is 6.58 Å². The molecule has 17 heavy (non-hydrogen) atoms. The number of benzene rings is 1. The molecule has 2 rings (SSSR count). The van der Waals surface area contributed by atoms with Crippen molar-refractivity contribution in [3.63, 3.8) is 0 Å². The summed E-state index contributed by atoms with van der Waals surface area (Å²) in [5, 5.41) is 1.01. The fourth-order valence-electron chi connectivity index (χ4n) is 1.28. The van der Waals surface area contributed by atoms with Crippen molar-refractivity contribution in [1.82, 2.24) is 4.98 Å². The maximum atomic E-state index is 11.2. The second-order valence-corrected chi connectivity index (χ2v) is 3.29. The minimum atomic E-state index is -0.407. The highest BCUT2D eigenvalue weighted by atomic mass is 16.5. The van der Waals surface area contributed by atoms with Gasteiger partial charge in [0.1, 0.15) is 5.69 Å². The van der Waals surface area contributed by atoms with E-state index in [-0.39, 0.29) is 0 Å². The number of aromatic nitrogens is 1. The maximum Gasteiger partial charge on any atom is 0.356 e. The molecule has 0 aliphatic heterocycles. The summed E-state index contributed by atoms with van der Waals surface area (Å²) >= 11 is 0. The zero-order valence-electron chi connectivity index (χ0n) is 10.0. The Hall–Kier alpha value is -2.16. The van der Waals surface area contributed by atoms with E-state index in [9.17, 15) is 4.79 Å². The van der Waals surface area contributed by atoms with E-state index < -0.39 is 5.97 Å². The predicted octanol–water partition coefficient (Wildman–Crippen LogP) is 3.21. The molecule has 1 heterocycles. The van der Waals surface area contributed by atoms with Gasteiger partial charge in [0.25, 0.3) is 0 Å². The van der Waals surface area contributed by atoms with E-state index in [4.69, 9.17) is 0 Å². The molecular weight excluding hydrogens is 214 g/mol. The van der Waals surface area contributed by atoms with E-state index in [1.54, 1.807) is 12.1 Å². The SMILES string of the molecule is C=CC.COC(=O)c1ccc2ccccc2n1. The number of hydrogen-bond acceptors (Lipinski definition) is 3. The second kappa shape index (κ2) is 6.43. The molecule has 0 N–H and O–H groups in total. The monoisotopic (exact) mass is 229 g/mol. The molecule has 88 valence electrons. The number of ether oxygens (including phenoxy) is 1. The maximum absolute atomic E-state index is 11.2. The lowest BCUT2D eigenvalue weighted by Crippen LogP contribution is -2.03. The third kappa shape index (κ3) is 3.41. The van der Waals surface area contributed by atoms with Crippen molar-refractivity contribution < 1.29 is 9.53 Å². The summed E-state index contributed by atoms with van der Waals surface area (Å²) in [7, 11) is 1.35. The Bertz CT molecular complexity index is 520. The zero-order chi connectivity index (χ0) is 12.7. The van der Waals surface area contributed by atoms with Gasteiger partial charge in [0.15, 0.2) is 0 Å². The second-order valence-electron chi connectivity index (χ2n) is 3.29. The Kier molecular flexibility index (Phi) is 4.88. The van der Waals surface area contributed by atoms with Crippen LogP contribution in [0.3, 0.4) is 0 Å². The first-order chi connectivity index (χ1) is 8.22. The third-order valence-electron chi connectivity index (χ3n) is 1.99. The Morgan fingerprint density at radius 2 is 1.94 bits per heavy atom. The lowest BCUT2D eigenvalue weighted by molar-refractivity contribution is 0.0594. The normalized spacial score (nSPS) is 9.06. The van der Waals surface area contributed by atoms with Gasteiger partial charge in [-0.25, -0.2) is 9.78 Å². The van der Waals surface area contributed by atoms with Crippen molar-refractivity contribution in [1.29, 1.82) is 0 Å². The highest BCUT2D eigenvalue weighted by Gasteiger charge is 2.06. The molecular formula is C14H15NO2. The van der Waals surface area contributed by atoms with E-state index in [1.807, 2.05) is 37.3 Å². The van der Waals surface area contributed by atoms with E-state index in [0.29, 0.717) is 5.69 Å². The first-order valence-corrected chi connectivity index (χ1v) is 5.24. The van der Waals surface area contributed by atoms with Gasteiger partial charge in [0.05, 0.1) is 12.6 Å². The van der Waals surface area contributed by atoms with Crippen molar-refractivity contribution in [3.8, 4) is 0 Å². The summed E-state index contributed by atoms with van der Waals surface area (Å²) in [6.07, 6.45) is 1.75. The van der Waals surface area contributed by atoms with Gasteiger partial charge in [-0.1, -0.05) is 30.3 Å². The molecule has 0 fully saturated rings. The van der Waals surface area contributed by atoms with Crippen molar-refractivity contribution in [2.45, 2.75) is 6.92 Å². The van der Waals surface area contributed by atoms with E-state index in [2.05, 4.69) is 16.3 Å². The van der Waals surface area contributed by atoms with Gasteiger partial charge >= 0.3 is 5.97 Å². The van der Waals surface area contributed by atoms with Crippen molar-refractivity contribution in [2.75, 3.05) is 7.11 Å². The number of carbonyl (C=O) groups is 1. The molecule has 0 saturated carbocycles. The van der Waals surface area contributed by atoms with Crippen molar-refractivity contribution in [2.24, 2.45) is 0 Å².